The maximum absolute atomic E-state index is 13.5. The molecule has 1 atom stereocenters. The molecule has 2 rings (SSSR count). The van der Waals surface area contributed by atoms with Crippen LogP contribution in [0.5, 0.6) is 0 Å². The molecule has 0 saturated carbocycles. The molecule has 2 heterocycles. The second-order valence-electron chi connectivity index (χ2n) is 3.95. The standard InChI is InChI=1S/C11H10FN3O4/c12-7-3-13-2-1-6(7)10(17)15-5-9(16)14-4-8(15)11(18)19/h1-3,8H,4-5H2,(H,14,16)(H,18,19). The van der Waals surface area contributed by atoms with E-state index in [1.54, 1.807) is 0 Å². The summed E-state index contributed by atoms with van der Waals surface area (Å²) in [6, 6.07) is -0.0685. The van der Waals surface area contributed by atoms with E-state index in [2.05, 4.69) is 10.3 Å². The predicted octanol–water partition coefficient (Wildman–Crippen LogP) is -0.754. The smallest absolute Gasteiger partial charge is 0.328 e. The number of hydrogen-bond donors (Lipinski definition) is 2. The molecule has 1 aliphatic rings. The van der Waals surface area contributed by atoms with Gasteiger partial charge >= 0.3 is 5.97 Å². The Morgan fingerprint density at radius 2 is 2.26 bits per heavy atom. The Balaban J connectivity index is 2.32. The lowest BCUT2D eigenvalue weighted by Gasteiger charge is -2.32. The van der Waals surface area contributed by atoms with Crippen molar-refractivity contribution in [2.75, 3.05) is 13.1 Å². The molecular weight excluding hydrogens is 257 g/mol. The minimum Gasteiger partial charge on any atom is -0.480 e. The highest BCUT2D eigenvalue weighted by molar-refractivity contribution is 6.00. The van der Waals surface area contributed by atoms with E-state index in [0.717, 1.165) is 17.2 Å². The minimum absolute atomic E-state index is 0.202. The molecule has 8 heteroatoms. The van der Waals surface area contributed by atoms with E-state index >= 15 is 0 Å². The molecule has 2 amide bonds. The Morgan fingerprint density at radius 1 is 1.53 bits per heavy atom. The van der Waals surface area contributed by atoms with Gasteiger partial charge in [-0.15, -0.1) is 0 Å². The number of amides is 2. The molecule has 0 aliphatic carbocycles. The summed E-state index contributed by atoms with van der Waals surface area (Å²) < 4.78 is 13.5. The molecule has 0 spiro atoms. The number of carboxylic acid groups (broad SMARTS) is 1. The molecule has 19 heavy (non-hydrogen) atoms. The molecule has 0 radical (unpaired) electrons. The van der Waals surface area contributed by atoms with Gasteiger partial charge in [0.2, 0.25) is 5.91 Å². The molecule has 100 valence electrons. The zero-order valence-corrected chi connectivity index (χ0v) is 9.67. The van der Waals surface area contributed by atoms with Crippen molar-refractivity contribution in [1.29, 1.82) is 0 Å². The van der Waals surface area contributed by atoms with E-state index in [1.807, 2.05) is 0 Å². The third-order valence-corrected chi connectivity index (χ3v) is 2.73. The molecule has 0 aromatic carbocycles. The molecular formula is C11H10FN3O4. The largest absolute Gasteiger partial charge is 0.480 e. The lowest BCUT2D eigenvalue weighted by Crippen LogP contribution is -2.59. The monoisotopic (exact) mass is 267 g/mol. The number of nitrogens with one attached hydrogen (secondary N) is 1. The van der Waals surface area contributed by atoms with Crippen molar-refractivity contribution in [3.63, 3.8) is 0 Å². The van der Waals surface area contributed by atoms with E-state index in [9.17, 15) is 18.8 Å². The second kappa shape index (κ2) is 5.01. The Morgan fingerprint density at radius 3 is 2.89 bits per heavy atom. The number of aliphatic carboxylic acids is 1. The number of nitrogens with zero attached hydrogens (tertiary/aromatic N) is 2. The summed E-state index contributed by atoms with van der Waals surface area (Å²) in [6.07, 6.45) is 2.07. The van der Waals surface area contributed by atoms with Crippen LogP contribution >= 0.6 is 0 Å². The number of hydrogen-bond acceptors (Lipinski definition) is 4. The van der Waals surface area contributed by atoms with Crippen molar-refractivity contribution in [3.05, 3.63) is 29.8 Å². The van der Waals surface area contributed by atoms with E-state index in [-0.39, 0.29) is 12.1 Å². The predicted molar refractivity (Wildman–Crippen MR) is 59.7 cm³/mol. The summed E-state index contributed by atoms with van der Waals surface area (Å²) in [5, 5.41) is 11.4. The van der Waals surface area contributed by atoms with Gasteiger partial charge in [0.05, 0.1) is 11.8 Å². The zero-order chi connectivity index (χ0) is 14.0. The fourth-order valence-corrected chi connectivity index (χ4v) is 1.78. The van der Waals surface area contributed by atoms with Crippen LogP contribution < -0.4 is 5.32 Å². The quantitative estimate of drug-likeness (QED) is 0.734. The average molecular weight is 267 g/mol. The van der Waals surface area contributed by atoms with Crippen molar-refractivity contribution < 1.29 is 23.9 Å². The lowest BCUT2D eigenvalue weighted by molar-refractivity contribution is -0.144. The van der Waals surface area contributed by atoms with Crippen LogP contribution in [0.15, 0.2) is 18.5 Å². The van der Waals surface area contributed by atoms with Gasteiger partial charge < -0.3 is 15.3 Å². The van der Waals surface area contributed by atoms with Crippen LogP contribution in [0.1, 0.15) is 10.4 Å². The molecule has 1 aromatic rings. The first-order valence-electron chi connectivity index (χ1n) is 5.40. The lowest BCUT2D eigenvalue weighted by atomic mass is 10.1. The second-order valence-corrected chi connectivity index (χ2v) is 3.95. The van der Waals surface area contributed by atoms with Crippen molar-refractivity contribution in [2.24, 2.45) is 0 Å². The van der Waals surface area contributed by atoms with E-state index in [1.165, 1.54) is 6.20 Å². The summed E-state index contributed by atoms with van der Waals surface area (Å²) in [7, 11) is 0. The molecule has 2 N–H and O–H groups in total. The van der Waals surface area contributed by atoms with Crippen LogP contribution in [0.2, 0.25) is 0 Å². The van der Waals surface area contributed by atoms with Gasteiger partial charge in [-0.1, -0.05) is 0 Å². The summed E-state index contributed by atoms with van der Waals surface area (Å²) in [5.41, 5.74) is -0.309. The van der Waals surface area contributed by atoms with E-state index in [0.29, 0.717) is 0 Å². The van der Waals surface area contributed by atoms with Crippen LogP contribution in [0.25, 0.3) is 0 Å². The van der Waals surface area contributed by atoms with Crippen molar-refractivity contribution in [3.8, 4) is 0 Å². The molecule has 1 fully saturated rings. The number of carbonyl (C=O) groups excluding carboxylic acids is 2. The number of carboxylic acids is 1. The van der Waals surface area contributed by atoms with Crippen LogP contribution in [-0.2, 0) is 9.59 Å². The maximum Gasteiger partial charge on any atom is 0.328 e. The van der Waals surface area contributed by atoms with E-state index < -0.39 is 36.2 Å². The van der Waals surface area contributed by atoms with Gasteiger partial charge in [0.15, 0.2) is 5.82 Å². The average Bonchev–Trinajstić information content (AvgIpc) is 2.38. The molecule has 7 nitrogen and oxygen atoms in total. The first kappa shape index (κ1) is 12.9. The molecule has 1 aliphatic heterocycles. The fourth-order valence-electron chi connectivity index (χ4n) is 1.78. The summed E-state index contributed by atoms with van der Waals surface area (Å²) in [5.74, 6) is -3.45. The summed E-state index contributed by atoms with van der Waals surface area (Å²) in [6.45, 7) is -0.621. The molecule has 1 saturated heterocycles. The normalized spacial score (nSPS) is 18.9. The topological polar surface area (TPSA) is 99.6 Å². The van der Waals surface area contributed by atoms with Gasteiger partial charge in [-0.05, 0) is 6.07 Å². The Kier molecular flexibility index (Phi) is 3.41. The minimum atomic E-state index is -1.26. The van der Waals surface area contributed by atoms with Crippen LogP contribution in [0.3, 0.4) is 0 Å². The van der Waals surface area contributed by atoms with Gasteiger partial charge in [0.25, 0.3) is 5.91 Å². The van der Waals surface area contributed by atoms with Crippen LogP contribution in [0, 0.1) is 5.82 Å². The van der Waals surface area contributed by atoms with E-state index in [4.69, 9.17) is 5.11 Å². The Hall–Kier alpha value is -2.51. The Bertz CT molecular complexity index is 548. The number of carbonyl (C=O) groups is 3. The van der Waals surface area contributed by atoms with Crippen LogP contribution in [0.4, 0.5) is 4.39 Å². The SMILES string of the molecule is O=C1CN(C(=O)c2ccncc2F)C(C(=O)O)CN1. The maximum atomic E-state index is 13.5. The highest BCUT2D eigenvalue weighted by Gasteiger charge is 2.36. The highest BCUT2D eigenvalue weighted by atomic mass is 19.1. The summed E-state index contributed by atoms with van der Waals surface area (Å²) >= 11 is 0. The van der Waals surface area contributed by atoms with Crippen molar-refractivity contribution in [2.45, 2.75) is 6.04 Å². The first-order chi connectivity index (χ1) is 9.00. The van der Waals surface area contributed by atoms with Gasteiger partial charge in [0.1, 0.15) is 12.6 Å². The molecule has 0 bridgehead atoms. The highest BCUT2D eigenvalue weighted by Crippen LogP contribution is 2.13. The van der Waals surface area contributed by atoms with Crippen molar-refractivity contribution >= 4 is 17.8 Å². The summed E-state index contributed by atoms with van der Waals surface area (Å²) in [4.78, 5) is 38.7. The molecule has 1 unspecified atom stereocenters. The Labute approximate surface area is 107 Å². The third kappa shape index (κ3) is 2.51. The number of halogens is 1. The van der Waals surface area contributed by atoms with Gasteiger partial charge in [0, 0.05) is 12.7 Å². The number of pyridine rings is 1. The van der Waals surface area contributed by atoms with Gasteiger partial charge in [-0.25, -0.2) is 9.18 Å². The van der Waals surface area contributed by atoms with Gasteiger partial charge in [-0.3, -0.25) is 14.6 Å². The zero-order valence-electron chi connectivity index (χ0n) is 9.67. The number of rotatable bonds is 2. The third-order valence-electron chi connectivity index (χ3n) is 2.73. The first-order valence-corrected chi connectivity index (χ1v) is 5.40. The van der Waals surface area contributed by atoms with Crippen molar-refractivity contribution in [1.82, 2.24) is 15.2 Å². The number of piperazine rings is 1. The van der Waals surface area contributed by atoms with Gasteiger partial charge in [-0.2, -0.15) is 0 Å². The fraction of sp³-hybridized carbons (Fsp3) is 0.273. The number of aromatic nitrogens is 1. The van der Waals surface area contributed by atoms with Crippen LogP contribution in [-0.4, -0.2) is 51.9 Å². The molecule has 1 aromatic heterocycles.